The number of alkyl halides is 10. The summed E-state index contributed by atoms with van der Waals surface area (Å²) < 4.78 is 167. The first kappa shape index (κ1) is 29.1. The quantitative estimate of drug-likeness (QED) is 0.405. The molecular weight excluding hydrogens is 494 g/mol. The molecule has 0 aromatic carbocycles. The Balaban J connectivity index is 0.000000769. The van der Waals surface area contributed by atoms with Crippen LogP contribution in [0.15, 0.2) is 0 Å². The van der Waals surface area contributed by atoms with Gasteiger partial charge in [-0.05, 0) is 0 Å². The number of likely N-dealkylation sites (tertiary alicyclic amines) is 1. The molecule has 182 valence electrons. The van der Waals surface area contributed by atoms with Gasteiger partial charge in [0.25, 0.3) is 0 Å². The molecule has 1 aliphatic rings. The number of sulfonamides is 2. The summed E-state index contributed by atoms with van der Waals surface area (Å²) in [7, 11) is -11.2. The molecular formula is C11H16F10N2O5S2. The zero-order valence-corrected chi connectivity index (χ0v) is 16.7. The zero-order chi connectivity index (χ0) is 24.4. The summed E-state index contributed by atoms with van der Waals surface area (Å²) in [6.07, 6.45) is -11.3. The van der Waals surface area contributed by atoms with Crippen molar-refractivity contribution in [2.45, 2.75) is 35.7 Å². The lowest BCUT2D eigenvalue weighted by molar-refractivity contribution is -0.916. The Labute approximate surface area is 164 Å². The Bertz CT molecular complexity index is 732. The lowest BCUT2D eigenvalue weighted by atomic mass is 10.4. The average Bonchev–Trinajstić information content (AvgIpc) is 2.91. The second-order valence-corrected chi connectivity index (χ2v) is 9.77. The lowest BCUT2D eigenvalue weighted by Gasteiger charge is -2.31. The molecule has 19 heteroatoms. The van der Waals surface area contributed by atoms with Gasteiger partial charge in [-0.2, -0.15) is 43.9 Å². The molecule has 0 atom stereocenters. The van der Waals surface area contributed by atoms with E-state index in [4.69, 9.17) is 4.74 Å². The molecule has 30 heavy (non-hydrogen) atoms. The van der Waals surface area contributed by atoms with E-state index in [0.717, 1.165) is 11.2 Å². The average molecular weight is 510 g/mol. The highest BCUT2D eigenvalue weighted by atomic mass is 32.3. The van der Waals surface area contributed by atoms with E-state index in [0.29, 0.717) is 4.13 Å². The van der Waals surface area contributed by atoms with E-state index in [1.165, 1.54) is 25.9 Å². The zero-order valence-electron chi connectivity index (χ0n) is 15.1. The fraction of sp³-hybridized carbons (Fsp3) is 1.00. The van der Waals surface area contributed by atoms with Gasteiger partial charge in [-0.3, -0.25) is 0 Å². The molecule has 1 saturated heterocycles. The van der Waals surface area contributed by atoms with Gasteiger partial charge in [-0.1, -0.05) is 0 Å². The van der Waals surface area contributed by atoms with Crippen molar-refractivity contribution in [3.63, 3.8) is 0 Å². The maximum Gasteiger partial charge on any atom is 0.467 e. The van der Waals surface area contributed by atoms with Crippen LogP contribution in [0, 0.1) is 0 Å². The fourth-order valence-electron chi connectivity index (χ4n) is 2.05. The smallest absolute Gasteiger partial charge is 0.425 e. The van der Waals surface area contributed by atoms with Crippen molar-refractivity contribution < 1.29 is 70.0 Å². The highest BCUT2D eigenvalue weighted by Gasteiger charge is 2.68. The molecule has 0 aliphatic carbocycles. The molecule has 0 unspecified atom stereocenters. The second-order valence-electron chi connectivity index (χ2n) is 6.25. The number of ether oxygens (including phenoxy) is 1. The van der Waals surface area contributed by atoms with Crippen LogP contribution in [0.5, 0.6) is 0 Å². The number of nitrogens with zero attached hydrogens (tertiary/aromatic N) is 2. The maximum atomic E-state index is 12.3. The van der Waals surface area contributed by atoms with Crippen molar-refractivity contribution in [1.82, 2.24) is 0 Å². The van der Waals surface area contributed by atoms with Crippen LogP contribution in [0.3, 0.4) is 0 Å². The van der Waals surface area contributed by atoms with Gasteiger partial charge in [0.2, 0.25) is 0 Å². The van der Waals surface area contributed by atoms with Gasteiger partial charge < -0.3 is 13.3 Å². The van der Waals surface area contributed by atoms with Crippen LogP contribution in [-0.4, -0.2) is 78.2 Å². The van der Waals surface area contributed by atoms with Crippen LogP contribution in [0.2, 0.25) is 0 Å². The molecule has 1 rings (SSSR count). The lowest BCUT2D eigenvalue weighted by Crippen LogP contribution is -2.48. The van der Waals surface area contributed by atoms with E-state index in [1.54, 1.807) is 7.11 Å². The first-order valence-corrected chi connectivity index (χ1v) is 10.3. The third kappa shape index (κ3) is 6.30. The third-order valence-corrected chi connectivity index (χ3v) is 6.92. The minimum absolute atomic E-state index is 0.422. The van der Waals surface area contributed by atoms with E-state index in [-0.39, 0.29) is 0 Å². The van der Waals surface area contributed by atoms with E-state index in [1.807, 2.05) is 0 Å². The van der Waals surface area contributed by atoms with Crippen molar-refractivity contribution in [2.75, 3.05) is 34.0 Å². The van der Waals surface area contributed by atoms with Crippen LogP contribution in [-0.2, 0) is 24.8 Å². The van der Waals surface area contributed by atoms with Crippen molar-refractivity contribution in [3.05, 3.63) is 4.13 Å². The summed E-state index contributed by atoms with van der Waals surface area (Å²) in [5, 5.41) is -14.0. The number of halogens is 10. The summed E-state index contributed by atoms with van der Waals surface area (Å²) in [4.78, 5) is 0. The molecule has 0 N–H and O–H groups in total. The predicted octanol–water partition coefficient (Wildman–Crippen LogP) is 3.16. The van der Waals surface area contributed by atoms with Crippen LogP contribution < -0.4 is 0 Å². The van der Waals surface area contributed by atoms with Crippen molar-refractivity contribution in [1.29, 1.82) is 0 Å². The van der Waals surface area contributed by atoms with E-state index < -0.39 is 42.9 Å². The van der Waals surface area contributed by atoms with E-state index in [9.17, 15) is 60.7 Å². The van der Waals surface area contributed by atoms with E-state index >= 15 is 0 Å². The van der Waals surface area contributed by atoms with Gasteiger partial charge in [-0.25, -0.2) is 16.8 Å². The highest BCUT2D eigenvalue weighted by molar-refractivity contribution is 8.13. The van der Waals surface area contributed by atoms with Crippen molar-refractivity contribution >= 4 is 20.0 Å². The molecule has 1 aliphatic heterocycles. The molecule has 0 aromatic heterocycles. The Morgan fingerprint density at radius 1 is 0.767 bits per heavy atom. The van der Waals surface area contributed by atoms with Crippen LogP contribution in [0.1, 0.15) is 12.8 Å². The molecule has 0 aromatic rings. The standard InChI is InChI=1S/C7H16NO.C4F10NO4S2/c1-8(7-9-2)5-3-4-6-8;5-1(6,7)3(11,12)20(16,17)15-21(18,19)4(13,14)2(8,9)10/h3-7H2,1-2H3;/q+1;-1. The van der Waals surface area contributed by atoms with Crippen LogP contribution >= 0.6 is 0 Å². The first-order chi connectivity index (χ1) is 13.0. The summed E-state index contributed by atoms with van der Waals surface area (Å²) >= 11 is 0. The summed E-state index contributed by atoms with van der Waals surface area (Å²) in [6, 6.07) is 0. The molecule has 1 fully saturated rings. The largest absolute Gasteiger partial charge is 0.467 e. The molecule has 1 heterocycles. The minimum Gasteiger partial charge on any atom is -0.425 e. The number of quaternary nitrogens is 1. The van der Waals surface area contributed by atoms with Gasteiger partial charge >= 0.3 is 22.9 Å². The number of rotatable bonds is 6. The van der Waals surface area contributed by atoms with Crippen LogP contribution in [0.4, 0.5) is 43.9 Å². The SMILES string of the molecule is COC[N+]1(C)CCCC1.O=S(=O)([N-]S(=O)(=O)C(F)(F)C(F)(F)F)C(F)(F)C(F)(F)F. The van der Waals surface area contributed by atoms with Gasteiger partial charge in [0.05, 0.1) is 20.1 Å². The second kappa shape index (κ2) is 8.91. The monoisotopic (exact) mass is 510 g/mol. The molecule has 0 radical (unpaired) electrons. The number of hydrogen-bond donors (Lipinski definition) is 0. The summed E-state index contributed by atoms with van der Waals surface area (Å²) in [5.41, 5.74) is 0. The maximum absolute atomic E-state index is 12.3. The molecule has 0 bridgehead atoms. The minimum atomic E-state index is -7.62. The van der Waals surface area contributed by atoms with Gasteiger partial charge in [-0.15, -0.1) is 0 Å². The Morgan fingerprint density at radius 2 is 1.07 bits per heavy atom. The first-order valence-electron chi connectivity index (χ1n) is 7.42. The molecule has 0 spiro atoms. The van der Waals surface area contributed by atoms with Gasteiger partial charge in [0, 0.05) is 20.0 Å². The normalized spacial score (nSPS) is 18.7. The van der Waals surface area contributed by atoms with Gasteiger partial charge in [0.1, 0.15) is 0 Å². The van der Waals surface area contributed by atoms with E-state index in [2.05, 4.69) is 7.05 Å². The summed E-state index contributed by atoms with van der Waals surface area (Å²) in [6.45, 7) is 3.49. The van der Waals surface area contributed by atoms with Crippen molar-refractivity contribution in [3.8, 4) is 0 Å². The van der Waals surface area contributed by atoms with Crippen molar-refractivity contribution in [2.24, 2.45) is 0 Å². The Hall–Kier alpha value is -0.920. The number of methoxy groups -OCH3 is 1. The van der Waals surface area contributed by atoms with Crippen LogP contribution in [0.25, 0.3) is 4.13 Å². The topological polar surface area (TPSA) is 91.6 Å². The fourth-order valence-corrected chi connectivity index (χ4v) is 4.42. The van der Waals surface area contributed by atoms with Gasteiger partial charge in [0.15, 0.2) is 26.8 Å². The highest BCUT2D eigenvalue weighted by Crippen LogP contribution is 2.47. The Kier molecular flexibility index (Phi) is 8.63. The molecule has 0 amide bonds. The number of hydrogen-bond acceptors (Lipinski definition) is 5. The molecule has 7 nitrogen and oxygen atoms in total. The Morgan fingerprint density at radius 3 is 1.30 bits per heavy atom. The molecule has 0 saturated carbocycles. The third-order valence-electron chi connectivity index (χ3n) is 3.59. The summed E-state index contributed by atoms with van der Waals surface area (Å²) in [5.74, 6) is 0. The predicted molar refractivity (Wildman–Crippen MR) is 80.2 cm³/mol.